The molecule has 2 bridgehead atoms. The molecule has 0 aromatic rings. The molecule has 4 saturated carbocycles. The smallest absolute Gasteiger partial charge is 0.302 e. The first-order valence-electron chi connectivity index (χ1n) is 12.0. The van der Waals surface area contributed by atoms with E-state index in [1.54, 1.807) is 0 Å². The van der Waals surface area contributed by atoms with Gasteiger partial charge in [-0.1, -0.05) is 27.4 Å². The van der Waals surface area contributed by atoms with Crippen molar-refractivity contribution in [3.8, 4) is 0 Å². The van der Waals surface area contributed by atoms with Gasteiger partial charge in [0.25, 0.3) is 0 Å². The molecule has 0 saturated heterocycles. The molecule has 0 amide bonds. The number of fused-ring (bicyclic) bond motifs is 3. The lowest BCUT2D eigenvalue weighted by molar-refractivity contribution is -0.250. The van der Waals surface area contributed by atoms with Crippen molar-refractivity contribution in [2.24, 2.45) is 34.0 Å². The zero-order valence-corrected chi connectivity index (χ0v) is 20.6. The van der Waals surface area contributed by atoms with E-state index in [0.29, 0.717) is 24.8 Å². The number of ketones is 1. The van der Waals surface area contributed by atoms with Crippen molar-refractivity contribution in [3.63, 3.8) is 0 Å². The SMILES string of the molecule is C=C1C(=O)[C@]23[C@H](OC(C)=O)[C@H]1CC[C@H]2[C@]1(C)CC[C@H](OC(C)=O)C(C)(C)[C@H]1C[C@H]3OC(C)=O. The Morgan fingerprint density at radius 1 is 0.848 bits per heavy atom. The molecule has 0 aliphatic heterocycles. The van der Waals surface area contributed by atoms with Crippen molar-refractivity contribution in [2.45, 2.75) is 92.0 Å². The summed E-state index contributed by atoms with van der Waals surface area (Å²) < 4.78 is 17.5. The van der Waals surface area contributed by atoms with Crippen LogP contribution < -0.4 is 0 Å². The number of ether oxygens (including phenoxy) is 3. The summed E-state index contributed by atoms with van der Waals surface area (Å²) in [6.45, 7) is 14.7. The van der Waals surface area contributed by atoms with Gasteiger partial charge in [-0.3, -0.25) is 19.2 Å². The summed E-state index contributed by atoms with van der Waals surface area (Å²) in [5.41, 5.74) is -1.30. The summed E-state index contributed by atoms with van der Waals surface area (Å²) in [6, 6.07) is 0. The maximum atomic E-state index is 14.0. The third-order valence-corrected chi connectivity index (χ3v) is 9.47. The van der Waals surface area contributed by atoms with Crippen LogP contribution in [0.1, 0.15) is 73.6 Å². The van der Waals surface area contributed by atoms with Gasteiger partial charge in [0.2, 0.25) is 0 Å². The molecule has 1 spiro atoms. The van der Waals surface area contributed by atoms with Crippen LogP contribution >= 0.6 is 0 Å². The highest BCUT2D eigenvalue weighted by molar-refractivity contribution is 6.05. The second-order valence-corrected chi connectivity index (χ2v) is 11.4. The minimum absolute atomic E-state index is 0.0410. The third-order valence-electron chi connectivity index (χ3n) is 9.47. The number of hydrogen-bond acceptors (Lipinski definition) is 7. The normalized spacial score (nSPS) is 43.2. The molecule has 0 N–H and O–H groups in total. The number of carbonyl (C=O) groups excluding carboxylic acids is 4. The summed E-state index contributed by atoms with van der Waals surface area (Å²) >= 11 is 0. The van der Waals surface area contributed by atoms with Gasteiger partial charge in [-0.05, 0) is 54.9 Å². The van der Waals surface area contributed by atoms with E-state index in [1.807, 2.05) is 0 Å². The van der Waals surface area contributed by atoms with Crippen molar-refractivity contribution < 1.29 is 33.4 Å². The lowest BCUT2D eigenvalue weighted by atomic mass is 9.39. The van der Waals surface area contributed by atoms with E-state index in [4.69, 9.17) is 14.2 Å². The largest absolute Gasteiger partial charge is 0.462 e. The monoisotopic (exact) mass is 460 g/mol. The predicted molar refractivity (Wildman–Crippen MR) is 119 cm³/mol. The standard InChI is InChI=1S/C26H36O7/c1-13-17-8-9-18-25(7)11-10-20(31-14(2)27)24(5,6)19(25)12-21(32-15(3)28)26(18,22(13)30)23(17)33-16(4)29/h17-21,23H,1,8-12H2,2-7H3/t17-,18-,19+,20-,21+,23+,25-,26-/m0/s1. The number of hydrogen-bond donors (Lipinski definition) is 0. The van der Waals surface area contributed by atoms with Crippen LogP contribution in [0.25, 0.3) is 0 Å². The average molecular weight is 461 g/mol. The molecule has 182 valence electrons. The molecular weight excluding hydrogens is 424 g/mol. The van der Waals surface area contributed by atoms with Crippen molar-refractivity contribution in [3.05, 3.63) is 12.2 Å². The summed E-state index contributed by atoms with van der Waals surface area (Å²) in [4.78, 5) is 50.2. The minimum atomic E-state index is -1.12. The first-order valence-corrected chi connectivity index (χ1v) is 12.0. The summed E-state index contributed by atoms with van der Waals surface area (Å²) in [7, 11) is 0. The molecule has 4 rings (SSSR count). The molecule has 7 nitrogen and oxygen atoms in total. The molecular formula is C26H36O7. The Bertz CT molecular complexity index is 920. The van der Waals surface area contributed by atoms with E-state index in [9.17, 15) is 19.2 Å². The van der Waals surface area contributed by atoms with Crippen LogP contribution in [0.3, 0.4) is 0 Å². The van der Waals surface area contributed by atoms with E-state index in [-0.39, 0.29) is 46.4 Å². The Kier molecular flexibility index (Phi) is 5.57. The van der Waals surface area contributed by atoms with E-state index in [0.717, 1.165) is 12.8 Å². The van der Waals surface area contributed by atoms with Crippen molar-refractivity contribution in [1.29, 1.82) is 0 Å². The Balaban J connectivity index is 1.87. The Hall–Kier alpha value is -2.18. The molecule has 4 aliphatic rings. The fourth-order valence-electron chi connectivity index (χ4n) is 8.36. The maximum absolute atomic E-state index is 14.0. The quantitative estimate of drug-likeness (QED) is 0.359. The lowest BCUT2D eigenvalue weighted by Crippen LogP contribution is -2.69. The molecule has 7 heteroatoms. The van der Waals surface area contributed by atoms with E-state index in [1.165, 1.54) is 20.8 Å². The molecule has 0 unspecified atom stereocenters. The molecule has 0 aromatic carbocycles. The van der Waals surface area contributed by atoms with Gasteiger partial charge in [0.05, 0.1) is 0 Å². The maximum Gasteiger partial charge on any atom is 0.302 e. The minimum Gasteiger partial charge on any atom is -0.462 e. The second-order valence-electron chi connectivity index (χ2n) is 11.4. The number of Topliss-reactive ketones (excluding diaryl/α,β-unsaturated/α-hetero) is 1. The van der Waals surface area contributed by atoms with Gasteiger partial charge in [0, 0.05) is 32.1 Å². The lowest BCUT2D eigenvalue weighted by Gasteiger charge is -2.66. The fraction of sp³-hybridized carbons (Fsp3) is 0.769. The molecule has 4 fully saturated rings. The zero-order valence-electron chi connectivity index (χ0n) is 20.6. The van der Waals surface area contributed by atoms with Crippen LogP contribution in [0, 0.1) is 34.0 Å². The van der Waals surface area contributed by atoms with E-state index < -0.39 is 29.6 Å². The van der Waals surface area contributed by atoms with Crippen molar-refractivity contribution in [1.82, 2.24) is 0 Å². The van der Waals surface area contributed by atoms with Crippen LogP contribution in [0.4, 0.5) is 0 Å². The van der Waals surface area contributed by atoms with Crippen LogP contribution in [0.2, 0.25) is 0 Å². The van der Waals surface area contributed by atoms with Crippen molar-refractivity contribution in [2.75, 3.05) is 0 Å². The van der Waals surface area contributed by atoms with Crippen LogP contribution in [0.15, 0.2) is 12.2 Å². The van der Waals surface area contributed by atoms with Gasteiger partial charge in [0.1, 0.15) is 23.7 Å². The first kappa shape index (κ1) is 24.0. The van der Waals surface area contributed by atoms with Crippen LogP contribution in [-0.4, -0.2) is 42.0 Å². The highest BCUT2D eigenvalue weighted by Crippen LogP contribution is 2.72. The van der Waals surface area contributed by atoms with E-state index >= 15 is 0 Å². The number of rotatable bonds is 3. The average Bonchev–Trinajstić information content (AvgIpc) is 2.80. The number of carbonyl (C=O) groups is 4. The Morgan fingerprint density at radius 3 is 2.00 bits per heavy atom. The van der Waals surface area contributed by atoms with Crippen LogP contribution in [0.5, 0.6) is 0 Å². The topological polar surface area (TPSA) is 96.0 Å². The summed E-state index contributed by atoms with van der Waals surface area (Å²) in [5.74, 6) is -1.68. The molecule has 33 heavy (non-hydrogen) atoms. The highest BCUT2D eigenvalue weighted by Gasteiger charge is 2.76. The number of esters is 3. The third kappa shape index (κ3) is 3.21. The molecule has 0 aromatic heterocycles. The predicted octanol–water partition coefficient (Wildman–Crippen LogP) is 3.78. The van der Waals surface area contributed by atoms with Gasteiger partial charge in [-0.25, -0.2) is 0 Å². The van der Waals surface area contributed by atoms with Gasteiger partial charge < -0.3 is 14.2 Å². The van der Waals surface area contributed by atoms with Gasteiger partial charge in [-0.15, -0.1) is 0 Å². The van der Waals surface area contributed by atoms with Crippen LogP contribution in [-0.2, 0) is 33.4 Å². The molecule has 0 radical (unpaired) electrons. The fourth-order valence-corrected chi connectivity index (χ4v) is 8.36. The first-order chi connectivity index (χ1) is 15.3. The second kappa shape index (κ2) is 7.67. The van der Waals surface area contributed by atoms with Gasteiger partial charge in [-0.2, -0.15) is 0 Å². The zero-order chi connectivity index (χ0) is 24.5. The highest BCUT2D eigenvalue weighted by atomic mass is 16.6. The molecule has 8 atom stereocenters. The van der Waals surface area contributed by atoms with E-state index in [2.05, 4.69) is 27.4 Å². The molecule has 4 aliphatic carbocycles. The molecule has 0 heterocycles. The summed E-state index contributed by atoms with van der Waals surface area (Å²) in [5, 5.41) is 0. The van der Waals surface area contributed by atoms with Crippen molar-refractivity contribution >= 4 is 23.7 Å². The summed E-state index contributed by atoms with van der Waals surface area (Å²) in [6.07, 6.45) is 1.73. The Morgan fingerprint density at radius 2 is 1.42 bits per heavy atom. The van der Waals surface area contributed by atoms with Gasteiger partial charge in [0.15, 0.2) is 5.78 Å². The Labute approximate surface area is 195 Å². The van der Waals surface area contributed by atoms with Gasteiger partial charge >= 0.3 is 17.9 Å².